The number of thioether (sulfide) groups is 1. The smallest absolute Gasteiger partial charge is 0.263 e. The summed E-state index contributed by atoms with van der Waals surface area (Å²) in [6.45, 7) is 8.74. The Bertz CT molecular complexity index is 798. The van der Waals surface area contributed by atoms with Crippen molar-refractivity contribution in [3.63, 3.8) is 0 Å². The van der Waals surface area contributed by atoms with Crippen LogP contribution in [0.3, 0.4) is 0 Å². The highest BCUT2D eigenvalue weighted by atomic mass is 32.2. The van der Waals surface area contributed by atoms with Crippen LogP contribution in [-0.2, 0) is 16.1 Å². The number of carbonyl (C=O) groups excluding carboxylic acids is 1. The average Bonchev–Trinajstić information content (AvgIpc) is 2.80. The fourth-order valence-electron chi connectivity index (χ4n) is 2.44. The molecule has 0 spiro atoms. The lowest BCUT2D eigenvalue weighted by Crippen LogP contribution is -2.36. The number of ether oxygens (including phenoxy) is 1. The van der Waals surface area contributed by atoms with Crippen LogP contribution in [0.4, 0.5) is 0 Å². The van der Waals surface area contributed by atoms with E-state index in [0.717, 1.165) is 15.3 Å². The number of fused-ring (bicyclic) bond motifs is 1. The molecule has 0 aliphatic carbocycles. The SMILES string of the molecule is CCn1c(SCC(=O)NC(C)COC)nc2sc(C)c(C)c2c1=O. The van der Waals surface area contributed by atoms with Gasteiger partial charge in [-0.05, 0) is 33.3 Å². The normalized spacial score (nSPS) is 12.5. The Labute approximate surface area is 149 Å². The van der Waals surface area contributed by atoms with E-state index in [1.807, 2.05) is 27.7 Å². The zero-order valence-corrected chi connectivity index (χ0v) is 16.3. The van der Waals surface area contributed by atoms with Crippen molar-refractivity contribution in [3.8, 4) is 0 Å². The van der Waals surface area contributed by atoms with E-state index in [1.165, 1.54) is 23.1 Å². The predicted octanol–water partition coefficient (Wildman–Crippen LogP) is 2.34. The minimum atomic E-state index is -0.0971. The van der Waals surface area contributed by atoms with Gasteiger partial charge in [0.05, 0.1) is 17.7 Å². The van der Waals surface area contributed by atoms with Crippen molar-refractivity contribution >= 4 is 39.2 Å². The van der Waals surface area contributed by atoms with Crippen LogP contribution in [0.25, 0.3) is 10.2 Å². The summed E-state index contributed by atoms with van der Waals surface area (Å²) in [4.78, 5) is 31.2. The maximum atomic E-state index is 12.7. The Balaban J connectivity index is 2.23. The van der Waals surface area contributed by atoms with Gasteiger partial charge in [0.25, 0.3) is 5.56 Å². The molecule has 1 N–H and O–H groups in total. The average molecular weight is 370 g/mol. The molecule has 0 saturated carbocycles. The highest BCUT2D eigenvalue weighted by molar-refractivity contribution is 7.99. The molecule has 0 fully saturated rings. The van der Waals surface area contributed by atoms with Gasteiger partial charge < -0.3 is 10.1 Å². The molecule has 1 atom stereocenters. The summed E-state index contributed by atoms with van der Waals surface area (Å²) in [5.41, 5.74) is 0.970. The highest BCUT2D eigenvalue weighted by Crippen LogP contribution is 2.28. The van der Waals surface area contributed by atoms with Gasteiger partial charge in [0.15, 0.2) is 5.16 Å². The summed E-state index contributed by atoms with van der Waals surface area (Å²) >= 11 is 2.81. The summed E-state index contributed by atoms with van der Waals surface area (Å²) < 4.78 is 6.64. The fourth-order valence-corrected chi connectivity index (χ4v) is 4.38. The molecule has 132 valence electrons. The lowest BCUT2D eigenvalue weighted by atomic mass is 10.2. The van der Waals surface area contributed by atoms with Crippen molar-refractivity contribution in [3.05, 3.63) is 20.8 Å². The molecule has 24 heavy (non-hydrogen) atoms. The molecule has 0 aromatic carbocycles. The first kappa shape index (κ1) is 19.0. The fraction of sp³-hybridized carbons (Fsp3) is 0.562. The molecule has 2 heterocycles. The molecule has 0 aliphatic heterocycles. The minimum absolute atomic E-state index is 0.0278. The zero-order valence-electron chi connectivity index (χ0n) is 14.6. The van der Waals surface area contributed by atoms with Crippen LogP contribution in [0, 0.1) is 13.8 Å². The Morgan fingerprint density at radius 2 is 2.17 bits per heavy atom. The molecule has 1 amide bonds. The molecule has 0 bridgehead atoms. The van der Waals surface area contributed by atoms with E-state index >= 15 is 0 Å². The molecule has 2 rings (SSSR count). The Morgan fingerprint density at radius 3 is 2.79 bits per heavy atom. The van der Waals surface area contributed by atoms with E-state index < -0.39 is 0 Å². The van der Waals surface area contributed by atoms with E-state index in [4.69, 9.17) is 4.74 Å². The molecule has 2 aromatic heterocycles. The van der Waals surface area contributed by atoms with Crippen LogP contribution in [0.1, 0.15) is 24.3 Å². The summed E-state index contributed by atoms with van der Waals surface area (Å²) in [6, 6.07) is -0.0468. The molecule has 0 aliphatic rings. The van der Waals surface area contributed by atoms with Crippen molar-refractivity contribution < 1.29 is 9.53 Å². The number of thiophene rings is 1. The van der Waals surface area contributed by atoms with Crippen LogP contribution >= 0.6 is 23.1 Å². The van der Waals surface area contributed by atoms with Gasteiger partial charge in [-0.1, -0.05) is 11.8 Å². The first-order valence-corrected chi connectivity index (χ1v) is 9.60. The third-order valence-corrected chi connectivity index (χ3v) is 5.80. The van der Waals surface area contributed by atoms with E-state index in [-0.39, 0.29) is 23.3 Å². The third kappa shape index (κ3) is 3.99. The zero-order chi connectivity index (χ0) is 17.9. The number of nitrogens with zero attached hydrogens (tertiary/aromatic N) is 2. The minimum Gasteiger partial charge on any atom is -0.383 e. The Hall–Kier alpha value is -1.38. The molecule has 2 aromatic rings. The quantitative estimate of drug-likeness (QED) is 0.599. The number of aryl methyl sites for hydroxylation is 2. The molecular weight excluding hydrogens is 346 g/mol. The summed E-state index contributed by atoms with van der Waals surface area (Å²) in [5.74, 6) is 0.120. The van der Waals surface area contributed by atoms with E-state index in [2.05, 4.69) is 10.3 Å². The molecule has 8 heteroatoms. The monoisotopic (exact) mass is 369 g/mol. The van der Waals surface area contributed by atoms with E-state index in [9.17, 15) is 9.59 Å². The summed E-state index contributed by atoms with van der Waals surface area (Å²) in [6.07, 6.45) is 0. The van der Waals surface area contributed by atoms with Crippen LogP contribution in [0.5, 0.6) is 0 Å². The first-order chi connectivity index (χ1) is 11.4. The van der Waals surface area contributed by atoms with E-state index in [0.29, 0.717) is 23.7 Å². The van der Waals surface area contributed by atoms with Crippen molar-refractivity contribution in [1.29, 1.82) is 0 Å². The van der Waals surface area contributed by atoms with Crippen LogP contribution in [0.2, 0.25) is 0 Å². The largest absolute Gasteiger partial charge is 0.383 e. The molecular formula is C16H23N3O3S2. The second-order valence-corrected chi connectivity index (χ2v) is 7.77. The standard InChI is InChI=1S/C16H23N3O3S2/c1-6-19-15(21)13-10(3)11(4)24-14(13)18-16(19)23-8-12(20)17-9(2)7-22-5/h9H,6-8H2,1-5H3,(H,17,20). The van der Waals surface area contributed by atoms with Gasteiger partial charge in [-0.15, -0.1) is 11.3 Å². The molecule has 0 radical (unpaired) electrons. The van der Waals surface area contributed by atoms with Crippen LogP contribution in [-0.4, -0.2) is 41.0 Å². The van der Waals surface area contributed by atoms with Crippen molar-refractivity contribution in [2.45, 2.75) is 45.4 Å². The van der Waals surface area contributed by atoms with Gasteiger partial charge in [0, 0.05) is 24.6 Å². The van der Waals surface area contributed by atoms with Crippen molar-refractivity contribution in [1.82, 2.24) is 14.9 Å². The number of rotatable bonds is 7. The second kappa shape index (κ2) is 8.13. The predicted molar refractivity (Wildman–Crippen MR) is 99.2 cm³/mol. The number of amides is 1. The molecule has 0 saturated heterocycles. The topological polar surface area (TPSA) is 73.2 Å². The van der Waals surface area contributed by atoms with Crippen molar-refractivity contribution in [2.24, 2.45) is 0 Å². The van der Waals surface area contributed by atoms with Crippen molar-refractivity contribution in [2.75, 3.05) is 19.5 Å². The molecule has 1 unspecified atom stereocenters. The maximum Gasteiger partial charge on any atom is 0.263 e. The summed E-state index contributed by atoms with van der Waals surface area (Å²) in [5, 5.41) is 4.14. The van der Waals surface area contributed by atoms with Crippen LogP contribution < -0.4 is 10.9 Å². The second-order valence-electron chi connectivity index (χ2n) is 5.62. The molecule has 6 nitrogen and oxygen atoms in total. The number of aromatic nitrogens is 2. The Kier molecular flexibility index (Phi) is 6.42. The highest BCUT2D eigenvalue weighted by Gasteiger charge is 2.17. The van der Waals surface area contributed by atoms with Gasteiger partial charge >= 0.3 is 0 Å². The van der Waals surface area contributed by atoms with Gasteiger partial charge in [-0.25, -0.2) is 4.98 Å². The number of hydrogen-bond acceptors (Lipinski definition) is 6. The van der Waals surface area contributed by atoms with E-state index in [1.54, 1.807) is 11.7 Å². The maximum absolute atomic E-state index is 12.7. The number of methoxy groups -OCH3 is 1. The van der Waals surface area contributed by atoms with Gasteiger partial charge in [-0.2, -0.15) is 0 Å². The lowest BCUT2D eigenvalue weighted by molar-refractivity contribution is -0.119. The number of carbonyl (C=O) groups is 1. The summed E-state index contributed by atoms with van der Waals surface area (Å²) in [7, 11) is 1.60. The Morgan fingerprint density at radius 1 is 1.46 bits per heavy atom. The van der Waals surface area contributed by atoms with Crippen LogP contribution in [0.15, 0.2) is 9.95 Å². The first-order valence-electron chi connectivity index (χ1n) is 7.80. The number of nitrogens with one attached hydrogen (secondary N) is 1. The third-order valence-electron chi connectivity index (χ3n) is 3.73. The van der Waals surface area contributed by atoms with Gasteiger partial charge in [-0.3, -0.25) is 14.2 Å². The lowest BCUT2D eigenvalue weighted by Gasteiger charge is -2.13. The van der Waals surface area contributed by atoms with Gasteiger partial charge in [0.1, 0.15) is 4.83 Å². The number of hydrogen-bond donors (Lipinski definition) is 1. The van der Waals surface area contributed by atoms with Gasteiger partial charge in [0.2, 0.25) is 5.91 Å².